The number of rotatable bonds is 12. The van der Waals surface area contributed by atoms with Crippen molar-refractivity contribution in [2.45, 2.75) is 44.2 Å². The van der Waals surface area contributed by atoms with Crippen LogP contribution in [0.3, 0.4) is 0 Å². The van der Waals surface area contributed by atoms with Crippen molar-refractivity contribution in [3.8, 4) is 11.5 Å². The van der Waals surface area contributed by atoms with Gasteiger partial charge in [0.25, 0.3) is 0 Å². The number of aliphatic hydroxyl groups is 1. The predicted molar refractivity (Wildman–Crippen MR) is 137 cm³/mol. The van der Waals surface area contributed by atoms with Crippen molar-refractivity contribution in [2.24, 2.45) is 11.8 Å². The van der Waals surface area contributed by atoms with Gasteiger partial charge in [-0.1, -0.05) is 51.1 Å². The molecule has 0 saturated carbocycles. The van der Waals surface area contributed by atoms with E-state index in [1.807, 2.05) is 44.2 Å². The molecule has 0 aromatic heterocycles. The van der Waals surface area contributed by atoms with Crippen LogP contribution in [0.4, 0.5) is 0 Å². The van der Waals surface area contributed by atoms with Crippen molar-refractivity contribution in [2.75, 3.05) is 25.6 Å². The number of fused-ring (bicyclic) bond motifs is 1. The molecule has 0 unspecified atom stereocenters. The van der Waals surface area contributed by atoms with Crippen LogP contribution in [0.25, 0.3) is 0 Å². The van der Waals surface area contributed by atoms with Crippen LogP contribution in [-0.2, 0) is 21.2 Å². The highest BCUT2D eigenvalue weighted by Crippen LogP contribution is 2.34. The fraction of sp³-hybridized carbons (Fsp3) is 0.480. The third-order valence-electron chi connectivity index (χ3n) is 5.75. The zero-order valence-corrected chi connectivity index (χ0v) is 22.0. The zero-order valence-electron chi connectivity index (χ0n) is 20.3. The van der Waals surface area contributed by atoms with Gasteiger partial charge in [0.1, 0.15) is 0 Å². The molecule has 0 spiro atoms. The largest absolute Gasteiger partial charge is 0.454 e. The topological polar surface area (TPSA) is 105 Å². The molecule has 3 rings (SSSR count). The Balaban J connectivity index is 1.86. The number of carbonyl (C=O) groups excluding carboxylic acids is 1. The smallest absolute Gasteiger partial charge is 0.243 e. The van der Waals surface area contributed by atoms with Gasteiger partial charge in [0.15, 0.2) is 11.5 Å². The molecule has 2 aromatic carbocycles. The van der Waals surface area contributed by atoms with Crippen LogP contribution in [-0.4, -0.2) is 61.5 Å². The number of hydrogen-bond donors (Lipinski definition) is 3. The summed E-state index contributed by atoms with van der Waals surface area (Å²) >= 11 is 4.20. The van der Waals surface area contributed by atoms with Crippen LogP contribution < -0.4 is 14.8 Å². The lowest BCUT2D eigenvalue weighted by atomic mass is 10.00. The Labute approximate surface area is 213 Å². The normalized spacial score (nSPS) is 15.7. The van der Waals surface area contributed by atoms with Gasteiger partial charge in [0.05, 0.1) is 17.0 Å². The van der Waals surface area contributed by atoms with E-state index in [1.54, 1.807) is 13.0 Å². The first-order chi connectivity index (χ1) is 16.6. The van der Waals surface area contributed by atoms with Crippen molar-refractivity contribution in [1.82, 2.24) is 9.62 Å². The highest BCUT2D eigenvalue weighted by atomic mass is 32.2. The summed E-state index contributed by atoms with van der Waals surface area (Å²) in [4.78, 5) is 12.7. The Bertz CT molecular complexity index is 1090. The maximum absolute atomic E-state index is 13.6. The summed E-state index contributed by atoms with van der Waals surface area (Å²) in [6, 6.07) is 13.3. The second-order valence-corrected chi connectivity index (χ2v) is 11.5. The number of sulfonamides is 1. The van der Waals surface area contributed by atoms with Crippen molar-refractivity contribution < 1.29 is 27.8 Å². The Morgan fingerprint density at radius 2 is 1.77 bits per heavy atom. The minimum atomic E-state index is -3.96. The molecule has 1 amide bonds. The number of aliphatic hydroxyl groups excluding tert-OH is 1. The molecule has 192 valence electrons. The molecule has 0 bridgehead atoms. The van der Waals surface area contributed by atoms with Gasteiger partial charge in [-0.2, -0.15) is 16.9 Å². The standard InChI is InChI=1S/C25H34N2O6S2/c1-17(2)13-27(35(30,31)20-9-10-23-24(12-20)33-16-32-23)14-22(28)21(26-25(29)18(3)15-34)11-19-7-5-4-6-8-19/h4-10,12,17-18,21-22,28,34H,11,13-16H2,1-3H3,(H,26,29)/t18-,21+,22-/m1/s1. The van der Waals surface area contributed by atoms with Gasteiger partial charge in [-0.15, -0.1) is 0 Å². The first-order valence-electron chi connectivity index (χ1n) is 11.6. The Hall–Kier alpha value is -2.27. The summed E-state index contributed by atoms with van der Waals surface area (Å²) in [6.45, 7) is 5.63. The van der Waals surface area contributed by atoms with Crippen LogP contribution in [0.5, 0.6) is 11.5 Å². The van der Waals surface area contributed by atoms with Crippen LogP contribution in [0, 0.1) is 11.8 Å². The van der Waals surface area contributed by atoms with Crippen LogP contribution >= 0.6 is 12.6 Å². The summed E-state index contributed by atoms with van der Waals surface area (Å²) < 4.78 is 39.1. The summed E-state index contributed by atoms with van der Waals surface area (Å²) in [7, 11) is -3.96. The molecule has 0 saturated heterocycles. The lowest BCUT2D eigenvalue weighted by Crippen LogP contribution is -2.52. The molecular weight excluding hydrogens is 488 g/mol. The summed E-state index contributed by atoms with van der Waals surface area (Å²) in [6.07, 6.45) is -0.791. The number of carbonyl (C=O) groups is 1. The maximum atomic E-state index is 13.6. The molecular formula is C25H34N2O6S2. The van der Waals surface area contributed by atoms with Crippen molar-refractivity contribution in [3.05, 3.63) is 54.1 Å². The average molecular weight is 523 g/mol. The summed E-state index contributed by atoms with van der Waals surface area (Å²) in [5.74, 6) is 0.631. The first-order valence-corrected chi connectivity index (χ1v) is 13.7. The van der Waals surface area contributed by atoms with E-state index in [1.165, 1.54) is 16.4 Å². The van der Waals surface area contributed by atoms with E-state index in [4.69, 9.17) is 9.47 Å². The second-order valence-electron chi connectivity index (χ2n) is 9.19. The van der Waals surface area contributed by atoms with Crippen LogP contribution in [0.1, 0.15) is 26.3 Å². The minimum absolute atomic E-state index is 0.0114. The Morgan fingerprint density at radius 3 is 2.43 bits per heavy atom. The Kier molecular flexibility index (Phi) is 9.46. The number of amides is 1. The molecule has 1 aliphatic rings. The fourth-order valence-corrected chi connectivity index (χ4v) is 5.56. The number of hydrogen-bond acceptors (Lipinski definition) is 7. The van der Waals surface area contributed by atoms with Crippen LogP contribution in [0.15, 0.2) is 53.4 Å². The van der Waals surface area contributed by atoms with Crippen molar-refractivity contribution >= 4 is 28.6 Å². The molecule has 1 heterocycles. The van der Waals surface area contributed by atoms with Gasteiger partial charge in [-0.3, -0.25) is 4.79 Å². The molecule has 0 radical (unpaired) electrons. The first kappa shape index (κ1) is 27.3. The second kappa shape index (κ2) is 12.1. The summed E-state index contributed by atoms with van der Waals surface area (Å²) in [5, 5.41) is 14.1. The molecule has 2 aromatic rings. The SMILES string of the molecule is CC(C)CN(C[C@@H](O)[C@H](Cc1ccccc1)NC(=O)[C@H](C)CS)S(=O)(=O)c1ccc2c(c1)OCO2. The quantitative estimate of drug-likeness (QED) is 0.370. The van der Waals surface area contributed by atoms with Gasteiger partial charge in [-0.25, -0.2) is 8.42 Å². The van der Waals surface area contributed by atoms with Crippen molar-refractivity contribution in [3.63, 3.8) is 0 Å². The number of benzene rings is 2. The van der Waals surface area contributed by atoms with Gasteiger partial charge in [0, 0.05) is 30.8 Å². The fourth-order valence-electron chi connectivity index (χ4n) is 3.76. The highest BCUT2D eigenvalue weighted by Gasteiger charge is 2.32. The lowest BCUT2D eigenvalue weighted by Gasteiger charge is -2.31. The molecule has 0 aliphatic carbocycles. The summed E-state index contributed by atoms with van der Waals surface area (Å²) in [5.41, 5.74) is 0.921. The molecule has 10 heteroatoms. The number of nitrogens with one attached hydrogen (secondary N) is 1. The zero-order chi connectivity index (χ0) is 25.6. The third kappa shape index (κ3) is 7.13. The van der Waals surface area contributed by atoms with E-state index in [0.717, 1.165) is 5.56 Å². The van der Waals surface area contributed by atoms with Gasteiger partial charge < -0.3 is 19.9 Å². The van der Waals surface area contributed by atoms with E-state index in [-0.39, 0.29) is 42.5 Å². The number of nitrogens with zero attached hydrogens (tertiary/aromatic N) is 1. The molecule has 0 fully saturated rings. The van der Waals surface area contributed by atoms with Crippen molar-refractivity contribution in [1.29, 1.82) is 0 Å². The molecule has 2 N–H and O–H groups in total. The van der Waals surface area contributed by atoms with E-state index in [0.29, 0.717) is 23.7 Å². The van der Waals surface area contributed by atoms with E-state index in [2.05, 4.69) is 17.9 Å². The predicted octanol–water partition coefficient (Wildman–Crippen LogP) is 2.72. The minimum Gasteiger partial charge on any atom is -0.454 e. The molecule has 1 aliphatic heterocycles. The van der Waals surface area contributed by atoms with E-state index < -0.39 is 22.2 Å². The lowest BCUT2D eigenvalue weighted by molar-refractivity contribution is -0.125. The highest BCUT2D eigenvalue weighted by molar-refractivity contribution is 7.89. The monoisotopic (exact) mass is 522 g/mol. The van der Waals surface area contributed by atoms with Crippen LogP contribution in [0.2, 0.25) is 0 Å². The average Bonchev–Trinajstić information content (AvgIpc) is 3.31. The van der Waals surface area contributed by atoms with Gasteiger partial charge in [0.2, 0.25) is 22.7 Å². The number of ether oxygens (including phenoxy) is 2. The van der Waals surface area contributed by atoms with E-state index >= 15 is 0 Å². The molecule has 3 atom stereocenters. The maximum Gasteiger partial charge on any atom is 0.243 e. The Morgan fingerprint density at radius 1 is 1.09 bits per heavy atom. The number of thiol groups is 1. The van der Waals surface area contributed by atoms with Gasteiger partial charge >= 0.3 is 0 Å². The van der Waals surface area contributed by atoms with Gasteiger partial charge in [-0.05, 0) is 30.0 Å². The molecule has 35 heavy (non-hydrogen) atoms. The third-order valence-corrected chi connectivity index (χ3v) is 8.13. The molecule has 8 nitrogen and oxygen atoms in total. The van der Waals surface area contributed by atoms with E-state index in [9.17, 15) is 18.3 Å².